The highest BCUT2D eigenvalue weighted by atomic mass is 16.5. The molecule has 0 spiro atoms. The van der Waals surface area contributed by atoms with Gasteiger partial charge in [-0.1, -0.05) is 24.3 Å². The monoisotopic (exact) mass is 445 g/mol. The third-order valence-corrected chi connectivity index (χ3v) is 5.22. The Hall–Kier alpha value is -4.40. The van der Waals surface area contributed by atoms with Crippen LogP contribution in [0.4, 0.5) is 11.4 Å². The summed E-state index contributed by atoms with van der Waals surface area (Å²) in [7, 11) is 1.32. The van der Waals surface area contributed by atoms with Gasteiger partial charge < -0.3 is 19.9 Å². The number of methoxy groups -OCH3 is 1. The summed E-state index contributed by atoms with van der Waals surface area (Å²) in [5.74, 6) is -0.963. The fourth-order valence-electron chi connectivity index (χ4n) is 3.56. The molecule has 0 aliphatic rings. The van der Waals surface area contributed by atoms with Crippen molar-refractivity contribution in [3.8, 4) is 0 Å². The van der Waals surface area contributed by atoms with Gasteiger partial charge in [-0.05, 0) is 37.3 Å². The molecule has 2 aromatic carbocycles. The Balaban J connectivity index is 1.45. The number of amides is 2. The molecule has 4 aromatic rings. The summed E-state index contributed by atoms with van der Waals surface area (Å²) in [6.45, 7) is 1.75. The Morgan fingerprint density at radius 1 is 1.03 bits per heavy atom. The van der Waals surface area contributed by atoms with Crippen LogP contribution in [0, 0.1) is 0 Å². The number of carbonyl (C=O) groups excluding carboxylic acids is 3. The quantitative estimate of drug-likeness (QED) is 0.424. The maximum Gasteiger partial charge on any atom is 0.340 e. The molecule has 2 amide bonds. The second kappa shape index (κ2) is 9.39. The smallest absolute Gasteiger partial charge is 0.340 e. The van der Waals surface area contributed by atoms with Gasteiger partial charge in [0.25, 0.3) is 0 Å². The molecular formula is C24H23N5O4. The van der Waals surface area contributed by atoms with Gasteiger partial charge >= 0.3 is 5.97 Å². The fraction of sp³-hybridized carbons (Fsp3) is 0.167. The number of carbonyl (C=O) groups is 3. The number of esters is 1. The predicted molar refractivity (Wildman–Crippen MR) is 124 cm³/mol. The minimum atomic E-state index is -0.482. The lowest BCUT2D eigenvalue weighted by molar-refractivity contribution is -0.119. The van der Waals surface area contributed by atoms with E-state index in [0.29, 0.717) is 22.3 Å². The molecule has 0 aliphatic heterocycles. The van der Waals surface area contributed by atoms with Gasteiger partial charge in [0.15, 0.2) is 0 Å². The van der Waals surface area contributed by atoms with Crippen LogP contribution in [0.25, 0.3) is 10.9 Å². The van der Waals surface area contributed by atoms with Crippen molar-refractivity contribution in [2.75, 3.05) is 17.7 Å². The number of para-hydroxylation sites is 1. The zero-order valence-electron chi connectivity index (χ0n) is 18.2. The number of nitrogens with one attached hydrogen (secondary N) is 2. The molecule has 4 rings (SSSR count). The number of aromatic nitrogens is 3. The maximum atomic E-state index is 12.7. The van der Waals surface area contributed by atoms with Crippen molar-refractivity contribution in [2.24, 2.45) is 0 Å². The lowest BCUT2D eigenvalue weighted by Gasteiger charge is -2.14. The molecule has 2 heterocycles. The van der Waals surface area contributed by atoms with E-state index in [1.165, 1.54) is 7.11 Å². The fourth-order valence-corrected chi connectivity index (χ4v) is 3.56. The Kier molecular flexibility index (Phi) is 6.21. The van der Waals surface area contributed by atoms with Gasteiger partial charge in [-0.15, -0.1) is 0 Å². The van der Waals surface area contributed by atoms with Crippen LogP contribution in [0.3, 0.4) is 0 Å². The SMILES string of the molecule is COC(=O)c1cn(CC(=O)Nc2cccc(NC(=O)C(C)n3cccn3)c2)c2ccccc12. The Labute approximate surface area is 190 Å². The van der Waals surface area contributed by atoms with Crippen LogP contribution in [0.2, 0.25) is 0 Å². The average Bonchev–Trinajstić information content (AvgIpc) is 3.47. The largest absolute Gasteiger partial charge is 0.465 e. The first-order chi connectivity index (χ1) is 16.0. The standard InChI is InChI=1S/C24H23N5O4/c1-16(29-12-6-11-25-29)23(31)27-18-8-5-7-17(13-18)26-22(30)15-28-14-20(24(32)33-2)19-9-3-4-10-21(19)28/h3-14,16H,15H2,1-2H3,(H,26,30)(H,27,31). The minimum Gasteiger partial charge on any atom is -0.465 e. The predicted octanol–water partition coefficient (Wildman–Crippen LogP) is 3.46. The summed E-state index contributed by atoms with van der Waals surface area (Å²) < 4.78 is 8.11. The second-order valence-electron chi connectivity index (χ2n) is 7.46. The third kappa shape index (κ3) is 4.77. The van der Waals surface area contributed by atoms with E-state index in [1.54, 1.807) is 65.1 Å². The van der Waals surface area contributed by atoms with Crippen LogP contribution in [0.5, 0.6) is 0 Å². The first-order valence-electron chi connectivity index (χ1n) is 10.3. The van der Waals surface area contributed by atoms with E-state index >= 15 is 0 Å². The minimum absolute atomic E-state index is 0.00439. The Morgan fingerprint density at radius 2 is 1.79 bits per heavy atom. The van der Waals surface area contributed by atoms with Gasteiger partial charge in [0.1, 0.15) is 12.6 Å². The molecule has 0 fully saturated rings. The van der Waals surface area contributed by atoms with Crippen LogP contribution >= 0.6 is 0 Å². The molecule has 1 unspecified atom stereocenters. The number of hydrogen-bond donors (Lipinski definition) is 2. The van der Waals surface area contributed by atoms with E-state index in [4.69, 9.17) is 4.74 Å². The van der Waals surface area contributed by atoms with Crippen molar-refractivity contribution < 1.29 is 19.1 Å². The summed E-state index contributed by atoms with van der Waals surface area (Å²) in [6.07, 6.45) is 4.95. The number of ether oxygens (including phenoxy) is 1. The first kappa shape index (κ1) is 21.8. The number of benzene rings is 2. The third-order valence-electron chi connectivity index (χ3n) is 5.22. The summed E-state index contributed by atoms with van der Waals surface area (Å²) in [6, 6.07) is 15.5. The molecule has 33 heavy (non-hydrogen) atoms. The second-order valence-corrected chi connectivity index (χ2v) is 7.46. The number of anilines is 2. The molecule has 9 nitrogen and oxygen atoms in total. The van der Waals surface area contributed by atoms with E-state index in [1.807, 2.05) is 24.3 Å². The molecule has 1 atom stereocenters. The molecule has 0 aliphatic carbocycles. The molecule has 9 heteroatoms. The molecule has 0 radical (unpaired) electrons. The van der Waals surface area contributed by atoms with E-state index in [-0.39, 0.29) is 18.4 Å². The lowest BCUT2D eigenvalue weighted by atomic mass is 10.2. The van der Waals surface area contributed by atoms with Gasteiger partial charge in [-0.2, -0.15) is 5.10 Å². The van der Waals surface area contributed by atoms with Gasteiger partial charge in [-0.25, -0.2) is 4.79 Å². The van der Waals surface area contributed by atoms with Gasteiger partial charge in [-0.3, -0.25) is 14.3 Å². The van der Waals surface area contributed by atoms with Crippen molar-refractivity contribution in [3.63, 3.8) is 0 Å². The maximum absolute atomic E-state index is 12.7. The summed E-state index contributed by atoms with van der Waals surface area (Å²) >= 11 is 0. The molecule has 2 aromatic heterocycles. The molecule has 2 N–H and O–H groups in total. The van der Waals surface area contributed by atoms with E-state index in [2.05, 4.69) is 15.7 Å². The van der Waals surface area contributed by atoms with Crippen LogP contribution in [0.1, 0.15) is 23.3 Å². The molecule has 0 saturated heterocycles. The number of rotatable bonds is 7. The van der Waals surface area contributed by atoms with E-state index in [0.717, 1.165) is 5.52 Å². The van der Waals surface area contributed by atoms with Crippen molar-refractivity contribution in [1.82, 2.24) is 14.3 Å². The highest BCUT2D eigenvalue weighted by Crippen LogP contribution is 2.22. The van der Waals surface area contributed by atoms with Crippen molar-refractivity contribution in [3.05, 3.63) is 78.8 Å². The molecular weight excluding hydrogens is 422 g/mol. The molecule has 0 bridgehead atoms. The lowest BCUT2D eigenvalue weighted by Crippen LogP contribution is -2.24. The first-order valence-corrected chi connectivity index (χ1v) is 10.3. The highest BCUT2D eigenvalue weighted by Gasteiger charge is 2.17. The van der Waals surface area contributed by atoms with E-state index in [9.17, 15) is 14.4 Å². The number of nitrogens with zero attached hydrogens (tertiary/aromatic N) is 3. The molecule has 0 saturated carbocycles. The van der Waals surface area contributed by atoms with E-state index < -0.39 is 12.0 Å². The highest BCUT2D eigenvalue weighted by molar-refractivity contribution is 6.05. The van der Waals surface area contributed by atoms with Crippen molar-refractivity contribution in [1.29, 1.82) is 0 Å². The van der Waals surface area contributed by atoms with Gasteiger partial charge in [0.05, 0.1) is 12.7 Å². The summed E-state index contributed by atoms with van der Waals surface area (Å²) in [5, 5.41) is 10.5. The topological polar surface area (TPSA) is 107 Å². The van der Waals surface area contributed by atoms with Crippen molar-refractivity contribution in [2.45, 2.75) is 19.5 Å². The Bertz CT molecular complexity index is 1310. The molecule has 168 valence electrons. The zero-order chi connectivity index (χ0) is 23.4. The van der Waals surface area contributed by atoms with Crippen molar-refractivity contribution >= 4 is 40.1 Å². The van der Waals surface area contributed by atoms with Crippen LogP contribution in [0.15, 0.2) is 73.2 Å². The Morgan fingerprint density at radius 3 is 2.52 bits per heavy atom. The van der Waals surface area contributed by atoms with Crippen LogP contribution in [-0.4, -0.2) is 39.2 Å². The summed E-state index contributed by atoms with van der Waals surface area (Å²) in [4.78, 5) is 37.3. The van der Waals surface area contributed by atoms with Crippen LogP contribution in [-0.2, 0) is 20.9 Å². The van der Waals surface area contributed by atoms with Crippen LogP contribution < -0.4 is 10.6 Å². The normalized spacial score (nSPS) is 11.7. The van der Waals surface area contributed by atoms with Gasteiger partial charge in [0, 0.05) is 40.9 Å². The van der Waals surface area contributed by atoms with Gasteiger partial charge in [0.2, 0.25) is 11.8 Å². The summed E-state index contributed by atoms with van der Waals surface area (Å²) in [5.41, 5.74) is 2.24. The average molecular weight is 445 g/mol. The zero-order valence-corrected chi connectivity index (χ0v) is 18.2. The number of fused-ring (bicyclic) bond motifs is 1. The number of hydrogen-bond acceptors (Lipinski definition) is 5.